The highest BCUT2D eigenvalue weighted by Gasteiger charge is 2.26. The van der Waals surface area contributed by atoms with E-state index in [2.05, 4.69) is 25.3 Å². The first-order valence-electron chi connectivity index (χ1n) is 10.6. The molecular formula is C22H23N5O5S3. The molecule has 0 spiro atoms. The molecule has 0 fully saturated rings. The summed E-state index contributed by atoms with van der Waals surface area (Å²) >= 11 is 6.94. The average molecular weight is 534 g/mol. The number of carbonyl (C=O) groups is 1. The maximum atomic E-state index is 12.7. The summed E-state index contributed by atoms with van der Waals surface area (Å²) in [6.07, 6.45) is 5.09. The summed E-state index contributed by atoms with van der Waals surface area (Å²) in [4.78, 5) is 21.4. The van der Waals surface area contributed by atoms with Crippen LogP contribution in [0.4, 0.5) is 16.5 Å². The number of thiocarbonyl (C=S) groups is 1. The first-order valence-corrected chi connectivity index (χ1v) is 13.3. The lowest BCUT2D eigenvalue weighted by Crippen LogP contribution is -2.20. The predicted octanol–water partition coefficient (Wildman–Crippen LogP) is 3.82. The zero-order valence-electron chi connectivity index (χ0n) is 19.0. The summed E-state index contributed by atoms with van der Waals surface area (Å²) in [5, 5.41) is 7.04. The number of thiophene rings is 1. The predicted molar refractivity (Wildman–Crippen MR) is 138 cm³/mol. The minimum atomic E-state index is -3.87. The van der Waals surface area contributed by atoms with Crippen LogP contribution in [0.1, 0.15) is 33.6 Å². The molecular weight excluding hydrogens is 510 g/mol. The molecule has 0 bridgehead atoms. The molecule has 0 atom stereocenters. The first-order chi connectivity index (χ1) is 16.8. The van der Waals surface area contributed by atoms with E-state index in [1.807, 2.05) is 0 Å². The lowest BCUT2D eigenvalue weighted by molar-refractivity contribution is 0.0601. The Morgan fingerprint density at radius 2 is 1.83 bits per heavy atom. The molecule has 2 heterocycles. The number of rotatable bonds is 7. The molecule has 0 amide bonds. The van der Waals surface area contributed by atoms with Crippen molar-refractivity contribution in [1.29, 1.82) is 0 Å². The van der Waals surface area contributed by atoms with Crippen LogP contribution in [0.25, 0.3) is 0 Å². The van der Waals surface area contributed by atoms with Crippen LogP contribution in [0, 0.1) is 0 Å². The second kappa shape index (κ2) is 10.5. The number of nitrogens with zero attached hydrogens (tertiary/aromatic N) is 2. The van der Waals surface area contributed by atoms with Gasteiger partial charge in [-0.3, -0.25) is 4.72 Å². The van der Waals surface area contributed by atoms with Gasteiger partial charge in [0.05, 0.1) is 24.7 Å². The second-order valence-corrected chi connectivity index (χ2v) is 10.8. The van der Waals surface area contributed by atoms with E-state index in [1.165, 1.54) is 55.0 Å². The molecule has 0 saturated carbocycles. The number of ether oxygens (including phenoxy) is 2. The minimum absolute atomic E-state index is 0.0402. The summed E-state index contributed by atoms with van der Waals surface area (Å²) in [6, 6.07) is 7.43. The Morgan fingerprint density at radius 1 is 1.09 bits per heavy atom. The van der Waals surface area contributed by atoms with Crippen LogP contribution in [-0.4, -0.2) is 43.7 Å². The van der Waals surface area contributed by atoms with Crippen molar-refractivity contribution in [3.05, 3.63) is 52.7 Å². The number of fused-ring (bicyclic) bond motifs is 1. The van der Waals surface area contributed by atoms with Gasteiger partial charge in [0.1, 0.15) is 17.1 Å². The van der Waals surface area contributed by atoms with E-state index in [0.717, 1.165) is 31.2 Å². The molecule has 0 saturated heterocycles. The highest BCUT2D eigenvalue weighted by Crippen LogP contribution is 2.38. The molecule has 0 aliphatic heterocycles. The van der Waals surface area contributed by atoms with Crippen LogP contribution in [0.2, 0.25) is 0 Å². The summed E-state index contributed by atoms with van der Waals surface area (Å²) in [5.41, 5.74) is 2.14. The van der Waals surface area contributed by atoms with Gasteiger partial charge >= 0.3 is 5.97 Å². The third kappa shape index (κ3) is 5.69. The molecule has 1 aliphatic rings. The molecule has 0 radical (unpaired) electrons. The Kier molecular flexibility index (Phi) is 7.48. The van der Waals surface area contributed by atoms with Crippen molar-refractivity contribution >= 4 is 61.2 Å². The Labute approximate surface area is 212 Å². The van der Waals surface area contributed by atoms with Crippen LogP contribution in [0.15, 0.2) is 41.6 Å². The lowest BCUT2D eigenvalue weighted by Gasteiger charge is -2.13. The van der Waals surface area contributed by atoms with Gasteiger partial charge < -0.3 is 20.1 Å². The Balaban J connectivity index is 1.45. The van der Waals surface area contributed by atoms with Gasteiger partial charge in [-0.15, -0.1) is 11.3 Å². The van der Waals surface area contributed by atoms with E-state index in [1.54, 1.807) is 12.1 Å². The molecule has 35 heavy (non-hydrogen) atoms. The molecule has 184 valence electrons. The largest absolute Gasteiger partial charge is 0.481 e. The lowest BCUT2D eigenvalue weighted by atomic mass is 9.95. The van der Waals surface area contributed by atoms with Gasteiger partial charge in [-0.2, -0.15) is 0 Å². The highest BCUT2D eigenvalue weighted by molar-refractivity contribution is 7.92. The molecule has 13 heteroatoms. The van der Waals surface area contributed by atoms with Gasteiger partial charge in [-0.1, -0.05) is 0 Å². The van der Waals surface area contributed by atoms with Crippen LogP contribution < -0.4 is 20.1 Å². The van der Waals surface area contributed by atoms with Crippen molar-refractivity contribution in [3.8, 4) is 5.88 Å². The Morgan fingerprint density at radius 3 is 2.54 bits per heavy atom. The molecule has 4 rings (SSSR count). The number of benzene rings is 1. The fraction of sp³-hybridized carbons (Fsp3) is 0.273. The molecule has 2 aromatic heterocycles. The maximum Gasteiger partial charge on any atom is 0.341 e. The number of methoxy groups -OCH3 is 2. The number of aryl methyl sites for hydroxylation is 1. The van der Waals surface area contributed by atoms with Gasteiger partial charge in [0.2, 0.25) is 5.88 Å². The van der Waals surface area contributed by atoms with Crippen LogP contribution in [-0.2, 0) is 27.6 Å². The Hall–Kier alpha value is -3.29. The zero-order chi connectivity index (χ0) is 25.0. The molecule has 3 aromatic rings. The van der Waals surface area contributed by atoms with Crippen molar-refractivity contribution in [2.75, 3.05) is 29.6 Å². The monoisotopic (exact) mass is 533 g/mol. The van der Waals surface area contributed by atoms with Crippen molar-refractivity contribution in [2.24, 2.45) is 0 Å². The number of esters is 1. The fourth-order valence-electron chi connectivity index (χ4n) is 3.66. The van der Waals surface area contributed by atoms with E-state index in [0.29, 0.717) is 16.3 Å². The highest BCUT2D eigenvalue weighted by atomic mass is 32.2. The molecule has 0 unspecified atom stereocenters. The number of nitrogens with one attached hydrogen (secondary N) is 3. The van der Waals surface area contributed by atoms with Gasteiger partial charge in [-0.05, 0) is 67.7 Å². The SMILES string of the molecule is COC(=O)c1c(NC(=S)Nc2ccc(S(=O)(=O)Nc3cc(OC)ncn3)cc2)sc2c1CCCC2. The van der Waals surface area contributed by atoms with E-state index < -0.39 is 16.0 Å². The van der Waals surface area contributed by atoms with E-state index in [4.69, 9.17) is 21.7 Å². The molecule has 3 N–H and O–H groups in total. The number of anilines is 3. The average Bonchev–Trinajstić information content (AvgIpc) is 3.21. The van der Waals surface area contributed by atoms with E-state index in [9.17, 15) is 13.2 Å². The summed E-state index contributed by atoms with van der Waals surface area (Å²) in [6.45, 7) is 0. The van der Waals surface area contributed by atoms with Crippen LogP contribution in [0.3, 0.4) is 0 Å². The van der Waals surface area contributed by atoms with Gasteiger partial charge in [0.15, 0.2) is 5.11 Å². The normalized spacial score (nSPS) is 12.9. The smallest absolute Gasteiger partial charge is 0.341 e. The van der Waals surface area contributed by atoms with E-state index >= 15 is 0 Å². The summed E-state index contributed by atoms with van der Waals surface area (Å²) < 4.78 is 37.7. The third-order valence-corrected chi connectivity index (χ3v) is 8.08. The summed E-state index contributed by atoms with van der Waals surface area (Å²) in [7, 11) is -1.09. The maximum absolute atomic E-state index is 12.7. The van der Waals surface area contributed by atoms with Gasteiger partial charge in [0, 0.05) is 16.6 Å². The van der Waals surface area contributed by atoms with Crippen LogP contribution in [0.5, 0.6) is 5.88 Å². The van der Waals surface area contributed by atoms with Crippen molar-refractivity contribution in [2.45, 2.75) is 30.6 Å². The quantitative estimate of drug-likeness (QED) is 0.304. The number of hydrogen-bond acceptors (Lipinski definition) is 9. The Bertz CT molecular complexity index is 1360. The van der Waals surface area contributed by atoms with Crippen molar-refractivity contribution < 1.29 is 22.7 Å². The first kappa shape index (κ1) is 24.8. The number of carbonyl (C=O) groups excluding carboxylic acids is 1. The second-order valence-electron chi connectivity index (χ2n) is 7.56. The zero-order valence-corrected chi connectivity index (χ0v) is 21.4. The van der Waals surface area contributed by atoms with Crippen molar-refractivity contribution in [3.63, 3.8) is 0 Å². The summed E-state index contributed by atoms with van der Waals surface area (Å²) in [5.74, 6) is -0.0669. The van der Waals surface area contributed by atoms with Crippen molar-refractivity contribution in [1.82, 2.24) is 9.97 Å². The number of aromatic nitrogens is 2. The minimum Gasteiger partial charge on any atom is -0.481 e. The topological polar surface area (TPSA) is 132 Å². The number of sulfonamides is 1. The van der Waals surface area contributed by atoms with Gasteiger partial charge in [-0.25, -0.2) is 23.2 Å². The number of hydrogen-bond donors (Lipinski definition) is 3. The molecule has 1 aliphatic carbocycles. The third-order valence-electron chi connectivity index (χ3n) is 5.30. The fourth-order valence-corrected chi connectivity index (χ4v) is 6.22. The standard InChI is InChI=1S/C22H23N5O5S3/c1-31-18-11-17(23-12-24-18)27-35(29,30)14-9-7-13(8-10-14)25-22(33)26-20-19(21(28)32-2)15-5-3-4-6-16(15)34-20/h7-12H,3-6H2,1-2H3,(H,23,24,27)(H2,25,26,33). The van der Waals surface area contributed by atoms with E-state index in [-0.39, 0.29) is 21.7 Å². The molecule has 1 aromatic carbocycles. The van der Waals surface area contributed by atoms with Gasteiger partial charge in [0.25, 0.3) is 10.0 Å². The molecule has 10 nitrogen and oxygen atoms in total. The van der Waals surface area contributed by atoms with Crippen LogP contribution >= 0.6 is 23.6 Å².